The Morgan fingerprint density at radius 2 is 2.15 bits per heavy atom. The number of carbonyl (C=O) groups is 1. The van der Waals surface area contributed by atoms with E-state index in [0.29, 0.717) is 13.2 Å². The quantitative estimate of drug-likeness (QED) is 0.648. The van der Waals surface area contributed by atoms with Crippen LogP contribution in [0.4, 0.5) is 0 Å². The van der Waals surface area contributed by atoms with Gasteiger partial charge in [-0.2, -0.15) is 0 Å². The van der Waals surface area contributed by atoms with Crippen LogP contribution in [0.1, 0.15) is 13.3 Å². The molecule has 1 unspecified atom stereocenters. The summed E-state index contributed by atoms with van der Waals surface area (Å²) >= 11 is 0. The summed E-state index contributed by atoms with van der Waals surface area (Å²) in [6, 6.07) is 0. The van der Waals surface area contributed by atoms with E-state index >= 15 is 0 Å². The molecule has 1 aliphatic heterocycles. The van der Waals surface area contributed by atoms with Gasteiger partial charge in [0.25, 0.3) is 0 Å². The summed E-state index contributed by atoms with van der Waals surface area (Å²) < 4.78 is 5.54. The highest BCUT2D eigenvalue weighted by molar-refractivity contribution is 6.03. The highest BCUT2D eigenvalue weighted by Gasteiger charge is 2.50. The van der Waals surface area contributed by atoms with E-state index in [1.165, 1.54) is 0 Å². The summed E-state index contributed by atoms with van der Waals surface area (Å²) in [5.74, 6) is 0.239. The molecule has 74 valence electrons. The lowest BCUT2D eigenvalue weighted by molar-refractivity contribution is -0.120. The predicted molar refractivity (Wildman–Crippen MR) is 48.4 cm³/mol. The molecule has 0 aromatic carbocycles. The maximum atomic E-state index is 10.9. The summed E-state index contributed by atoms with van der Waals surface area (Å²) in [6.45, 7) is 6.55. The number of hydrogen-bond donors (Lipinski definition) is 1. The molecule has 0 radical (unpaired) electrons. The standard InChI is InChI=1S/C9H16N2O2/c1-9(6-8(9)12)13-7-11-4-2-10-3-5-11/h10H,2-7H2,1H3. The van der Waals surface area contributed by atoms with Crippen LogP contribution in [-0.2, 0) is 9.53 Å². The summed E-state index contributed by atoms with van der Waals surface area (Å²) in [5.41, 5.74) is -0.440. The molecule has 2 fully saturated rings. The minimum atomic E-state index is -0.440. The van der Waals surface area contributed by atoms with Crippen LogP contribution < -0.4 is 5.32 Å². The van der Waals surface area contributed by atoms with Gasteiger partial charge in [0.05, 0.1) is 0 Å². The van der Waals surface area contributed by atoms with Crippen LogP contribution in [0.25, 0.3) is 0 Å². The average Bonchev–Trinajstić information content (AvgIpc) is 2.74. The van der Waals surface area contributed by atoms with Gasteiger partial charge in [-0.05, 0) is 6.92 Å². The van der Waals surface area contributed by atoms with Crippen molar-refractivity contribution in [2.45, 2.75) is 18.9 Å². The van der Waals surface area contributed by atoms with Crippen LogP contribution in [0.5, 0.6) is 0 Å². The molecule has 1 heterocycles. The molecule has 4 nitrogen and oxygen atoms in total. The maximum Gasteiger partial charge on any atom is 0.168 e. The summed E-state index contributed by atoms with van der Waals surface area (Å²) in [4.78, 5) is 13.2. The molecule has 0 amide bonds. The zero-order chi connectivity index (χ0) is 9.31. The first kappa shape index (κ1) is 9.12. The first-order chi connectivity index (χ1) is 6.21. The Kier molecular flexibility index (Phi) is 2.36. The second kappa shape index (κ2) is 3.36. The number of ketones is 1. The largest absolute Gasteiger partial charge is 0.352 e. The minimum absolute atomic E-state index is 0.239. The second-order valence-electron chi connectivity index (χ2n) is 3.97. The first-order valence-corrected chi connectivity index (χ1v) is 4.81. The molecular formula is C9H16N2O2. The molecule has 1 aliphatic carbocycles. The zero-order valence-corrected chi connectivity index (χ0v) is 8.01. The van der Waals surface area contributed by atoms with Crippen LogP contribution in [0.3, 0.4) is 0 Å². The number of ether oxygens (including phenoxy) is 1. The van der Waals surface area contributed by atoms with Gasteiger partial charge in [0.1, 0.15) is 12.3 Å². The SMILES string of the molecule is CC1(OCN2CCNCC2)CC1=O. The fraction of sp³-hybridized carbons (Fsp3) is 0.889. The van der Waals surface area contributed by atoms with Crippen molar-refractivity contribution < 1.29 is 9.53 Å². The maximum absolute atomic E-state index is 10.9. The lowest BCUT2D eigenvalue weighted by Crippen LogP contribution is -2.45. The Hall–Kier alpha value is -0.450. The fourth-order valence-electron chi connectivity index (χ4n) is 1.47. The lowest BCUT2D eigenvalue weighted by Gasteiger charge is -2.27. The Balaban J connectivity index is 1.70. The van der Waals surface area contributed by atoms with Gasteiger partial charge in [-0.3, -0.25) is 9.69 Å². The molecule has 0 aromatic heterocycles. The van der Waals surface area contributed by atoms with E-state index in [1.54, 1.807) is 0 Å². The monoisotopic (exact) mass is 184 g/mol. The summed E-state index contributed by atoms with van der Waals surface area (Å²) in [5, 5.41) is 3.27. The van der Waals surface area contributed by atoms with E-state index in [9.17, 15) is 4.79 Å². The number of nitrogens with zero attached hydrogens (tertiary/aromatic N) is 1. The summed E-state index contributed by atoms with van der Waals surface area (Å²) in [6.07, 6.45) is 0.596. The molecule has 1 saturated heterocycles. The van der Waals surface area contributed by atoms with Crippen LogP contribution in [0, 0.1) is 0 Å². The molecule has 1 saturated carbocycles. The van der Waals surface area contributed by atoms with Gasteiger partial charge < -0.3 is 10.1 Å². The number of piperazine rings is 1. The number of nitrogens with one attached hydrogen (secondary N) is 1. The van der Waals surface area contributed by atoms with Crippen LogP contribution in [0.2, 0.25) is 0 Å². The molecule has 13 heavy (non-hydrogen) atoms. The number of rotatable bonds is 3. The third-order valence-electron chi connectivity index (χ3n) is 2.74. The Morgan fingerprint density at radius 3 is 2.69 bits per heavy atom. The van der Waals surface area contributed by atoms with E-state index in [1.807, 2.05) is 6.92 Å². The Morgan fingerprint density at radius 1 is 1.54 bits per heavy atom. The van der Waals surface area contributed by atoms with Crippen LogP contribution >= 0.6 is 0 Å². The summed E-state index contributed by atoms with van der Waals surface area (Å²) in [7, 11) is 0. The van der Waals surface area contributed by atoms with Crippen LogP contribution in [0.15, 0.2) is 0 Å². The number of carbonyl (C=O) groups excluding carboxylic acids is 1. The predicted octanol–water partition coefficient (Wildman–Crippen LogP) is -0.403. The van der Waals surface area contributed by atoms with Crippen molar-refractivity contribution in [2.75, 3.05) is 32.9 Å². The van der Waals surface area contributed by atoms with Crippen molar-refractivity contribution in [3.8, 4) is 0 Å². The van der Waals surface area contributed by atoms with Gasteiger partial charge >= 0.3 is 0 Å². The van der Waals surface area contributed by atoms with Gasteiger partial charge in [-0.25, -0.2) is 0 Å². The molecule has 1 atom stereocenters. The zero-order valence-electron chi connectivity index (χ0n) is 8.01. The van der Waals surface area contributed by atoms with E-state index in [-0.39, 0.29) is 5.78 Å². The Labute approximate surface area is 78.2 Å². The van der Waals surface area contributed by atoms with Gasteiger partial charge in [0.2, 0.25) is 0 Å². The molecular weight excluding hydrogens is 168 g/mol. The molecule has 1 N–H and O–H groups in total. The van der Waals surface area contributed by atoms with E-state index in [4.69, 9.17) is 4.74 Å². The third-order valence-corrected chi connectivity index (χ3v) is 2.74. The lowest BCUT2D eigenvalue weighted by atomic mass is 10.4. The molecule has 0 spiro atoms. The minimum Gasteiger partial charge on any atom is -0.352 e. The smallest absolute Gasteiger partial charge is 0.168 e. The first-order valence-electron chi connectivity index (χ1n) is 4.81. The van der Waals surface area contributed by atoms with Crippen molar-refractivity contribution in [1.82, 2.24) is 10.2 Å². The second-order valence-corrected chi connectivity index (χ2v) is 3.97. The van der Waals surface area contributed by atoms with Crippen molar-refractivity contribution >= 4 is 5.78 Å². The molecule has 0 bridgehead atoms. The van der Waals surface area contributed by atoms with Gasteiger partial charge in [0, 0.05) is 32.6 Å². The van der Waals surface area contributed by atoms with E-state index in [2.05, 4.69) is 10.2 Å². The van der Waals surface area contributed by atoms with Crippen molar-refractivity contribution in [3.63, 3.8) is 0 Å². The van der Waals surface area contributed by atoms with Crippen molar-refractivity contribution in [3.05, 3.63) is 0 Å². The van der Waals surface area contributed by atoms with E-state index in [0.717, 1.165) is 26.2 Å². The number of Topliss-reactive ketones (excluding diaryl/α,β-unsaturated/α-hetero) is 1. The number of hydrogen-bond acceptors (Lipinski definition) is 4. The molecule has 0 aromatic rings. The average molecular weight is 184 g/mol. The normalized spacial score (nSPS) is 35.0. The molecule has 2 aliphatic rings. The molecule has 2 rings (SSSR count). The highest BCUT2D eigenvalue weighted by atomic mass is 16.5. The van der Waals surface area contributed by atoms with Gasteiger partial charge in [-0.1, -0.05) is 0 Å². The topological polar surface area (TPSA) is 41.6 Å². The molecule has 4 heteroatoms. The van der Waals surface area contributed by atoms with Crippen molar-refractivity contribution in [2.24, 2.45) is 0 Å². The third kappa shape index (κ3) is 2.07. The Bertz CT molecular complexity index is 214. The van der Waals surface area contributed by atoms with Crippen molar-refractivity contribution in [1.29, 1.82) is 0 Å². The fourth-order valence-corrected chi connectivity index (χ4v) is 1.47. The van der Waals surface area contributed by atoms with Gasteiger partial charge in [0.15, 0.2) is 5.78 Å². The highest BCUT2D eigenvalue weighted by Crippen LogP contribution is 2.33. The van der Waals surface area contributed by atoms with Gasteiger partial charge in [-0.15, -0.1) is 0 Å². The van der Waals surface area contributed by atoms with E-state index < -0.39 is 5.60 Å². The van der Waals surface area contributed by atoms with Crippen LogP contribution in [-0.4, -0.2) is 49.2 Å².